The number of aryl methyl sites for hydroxylation is 3. The fourth-order valence-corrected chi connectivity index (χ4v) is 2.16. The minimum atomic E-state index is -0.126. The molecule has 106 valence electrons. The maximum atomic E-state index is 12.1. The number of rotatable bonds is 3. The van der Waals surface area contributed by atoms with Crippen LogP contribution in [0.5, 0.6) is 0 Å². The smallest absolute Gasteiger partial charge is 0.321 e. The van der Waals surface area contributed by atoms with E-state index in [2.05, 4.69) is 16.5 Å². The minimum absolute atomic E-state index is 0.126. The van der Waals surface area contributed by atoms with Crippen molar-refractivity contribution in [1.29, 1.82) is 0 Å². The zero-order chi connectivity index (χ0) is 14.7. The molecule has 0 atom stereocenters. The predicted octanol–water partition coefficient (Wildman–Crippen LogP) is 2.70. The Bertz CT molecular complexity index is 598. The monoisotopic (exact) mass is 272 g/mol. The molecule has 0 bridgehead atoms. The van der Waals surface area contributed by atoms with Crippen molar-refractivity contribution in [1.82, 2.24) is 14.7 Å². The summed E-state index contributed by atoms with van der Waals surface area (Å²) in [6, 6.07) is 5.87. The summed E-state index contributed by atoms with van der Waals surface area (Å²) in [5.74, 6) is 0. The molecule has 0 aliphatic rings. The SMILES string of the molecule is Cc1cc(C)cc(NC(=O)N(C)Cc2cnn(C)c2)c1. The topological polar surface area (TPSA) is 50.2 Å². The Labute approximate surface area is 119 Å². The molecule has 1 heterocycles. The third kappa shape index (κ3) is 3.60. The molecule has 5 nitrogen and oxygen atoms in total. The number of anilines is 1. The minimum Gasteiger partial charge on any atom is -0.323 e. The molecule has 2 aromatic rings. The van der Waals surface area contributed by atoms with Crippen LogP contribution in [0.25, 0.3) is 0 Å². The Balaban J connectivity index is 2.00. The van der Waals surface area contributed by atoms with Gasteiger partial charge in [0.15, 0.2) is 0 Å². The predicted molar refractivity (Wildman–Crippen MR) is 79.6 cm³/mol. The summed E-state index contributed by atoms with van der Waals surface area (Å²) in [7, 11) is 3.63. The number of amides is 2. The number of urea groups is 1. The Morgan fingerprint density at radius 2 is 1.95 bits per heavy atom. The van der Waals surface area contributed by atoms with E-state index in [4.69, 9.17) is 0 Å². The first-order valence-electron chi connectivity index (χ1n) is 6.52. The van der Waals surface area contributed by atoms with Gasteiger partial charge in [0.25, 0.3) is 0 Å². The molecular weight excluding hydrogens is 252 g/mol. The van der Waals surface area contributed by atoms with Gasteiger partial charge in [0.1, 0.15) is 0 Å². The maximum absolute atomic E-state index is 12.1. The molecule has 1 N–H and O–H groups in total. The Hall–Kier alpha value is -2.30. The Morgan fingerprint density at radius 1 is 1.30 bits per heavy atom. The highest BCUT2D eigenvalue weighted by atomic mass is 16.2. The summed E-state index contributed by atoms with van der Waals surface area (Å²) in [4.78, 5) is 13.8. The van der Waals surface area contributed by atoms with Gasteiger partial charge in [0.05, 0.1) is 12.7 Å². The van der Waals surface area contributed by atoms with Gasteiger partial charge in [-0.2, -0.15) is 5.10 Å². The highest BCUT2D eigenvalue weighted by molar-refractivity contribution is 5.89. The first-order valence-corrected chi connectivity index (χ1v) is 6.52. The Morgan fingerprint density at radius 3 is 2.50 bits per heavy atom. The van der Waals surface area contributed by atoms with Gasteiger partial charge in [0, 0.05) is 31.5 Å². The van der Waals surface area contributed by atoms with Crippen LogP contribution in [0.3, 0.4) is 0 Å². The van der Waals surface area contributed by atoms with Crippen molar-refractivity contribution in [3.63, 3.8) is 0 Å². The van der Waals surface area contributed by atoms with E-state index in [1.165, 1.54) is 0 Å². The van der Waals surface area contributed by atoms with Crippen LogP contribution >= 0.6 is 0 Å². The lowest BCUT2D eigenvalue weighted by molar-refractivity contribution is 0.220. The largest absolute Gasteiger partial charge is 0.323 e. The van der Waals surface area contributed by atoms with E-state index < -0.39 is 0 Å². The van der Waals surface area contributed by atoms with Crippen molar-refractivity contribution in [3.8, 4) is 0 Å². The molecule has 0 aliphatic carbocycles. The molecule has 0 saturated carbocycles. The number of hydrogen-bond donors (Lipinski definition) is 1. The van der Waals surface area contributed by atoms with E-state index in [0.29, 0.717) is 6.54 Å². The molecular formula is C15H20N4O. The molecule has 2 rings (SSSR count). The van der Waals surface area contributed by atoms with Crippen LogP contribution in [0.15, 0.2) is 30.6 Å². The average molecular weight is 272 g/mol. The van der Waals surface area contributed by atoms with Gasteiger partial charge >= 0.3 is 6.03 Å². The number of carbonyl (C=O) groups excluding carboxylic acids is 1. The number of nitrogens with zero attached hydrogens (tertiary/aromatic N) is 3. The average Bonchev–Trinajstić information content (AvgIpc) is 2.73. The van der Waals surface area contributed by atoms with Crippen molar-refractivity contribution >= 4 is 11.7 Å². The van der Waals surface area contributed by atoms with E-state index in [0.717, 1.165) is 22.4 Å². The molecule has 0 aliphatic heterocycles. The molecule has 20 heavy (non-hydrogen) atoms. The second kappa shape index (κ2) is 5.77. The molecule has 0 fully saturated rings. The van der Waals surface area contributed by atoms with Gasteiger partial charge < -0.3 is 10.2 Å². The van der Waals surface area contributed by atoms with Gasteiger partial charge in [-0.25, -0.2) is 4.79 Å². The molecule has 0 unspecified atom stereocenters. The zero-order valence-corrected chi connectivity index (χ0v) is 12.3. The van der Waals surface area contributed by atoms with Crippen molar-refractivity contribution in [2.24, 2.45) is 7.05 Å². The molecule has 0 saturated heterocycles. The number of hydrogen-bond acceptors (Lipinski definition) is 2. The second-order valence-electron chi connectivity index (χ2n) is 5.18. The van der Waals surface area contributed by atoms with Crippen LogP contribution in [0.4, 0.5) is 10.5 Å². The van der Waals surface area contributed by atoms with Crippen LogP contribution in [0.2, 0.25) is 0 Å². The molecule has 5 heteroatoms. The van der Waals surface area contributed by atoms with Crippen molar-refractivity contribution in [2.75, 3.05) is 12.4 Å². The van der Waals surface area contributed by atoms with E-state index in [1.54, 1.807) is 22.8 Å². The molecule has 2 amide bonds. The fourth-order valence-electron chi connectivity index (χ4n) is 2.16. The Kier molecular flexibility index (Phi) is 4.08. The van der Waals surface area contributed by atoms with E-state index in [9.17, 15) is 4.79 Å². The van der Waals surface area contributed by atoms with Crippen LogP contribution in [0.1, 0.15) is 16.7 Å². The quantitative estimate of drug-likeness (QED) is 0.934. The maximum Gasteiger partial charge on any atom is 0.321 e. The highest BCUT2D eigenvalue weighted by Gasteiger charge is 2.10. The summed E-state index contributed by atoms with van der Waals surface area (Å²) >= 11 is 0. The number of benzene rings is 1. The second-order valence-corrected chi connectivity index (χ2v) is 5.18. The van der Waals surface area contributed by atoms with E-state index in [-0.39, 0.29) is 6.03 Å². The van der Waals surface area contributed by atoms with Gasteiger partial charge in [-0.1, -0.05) is 6.07 Å². The van der Waals surface area contributed by atoms with Crippen molar-refractivity contribution in [3.05, 3.63) is 47.3 Å². The standard InChI is InChI=1S/C15H20N4O/c1-11-5-12(2)7-14(6-11)17-15(20)18(3)9-13-8-16-19(4)10-13/h5-8,10H,9H2,1-4H3,(H,17,20). The third-order valence-corrected chi connectivity index (χ3v) is 3.00. The first kappa shape index (κ1) is 14.1. The van der Waals surface area contributed by atoms with Gasteiger partial charge in [-0.15, -0.1) is 0 Å². The number of nitrogens with one attached hydrogen (secondary N) is 1. The molecule has 1 aromatic carbocycles. The number of aromatic nitrogens is 2. The van der Waals surface area contributed by atoms with Gasteiger partial charge in [-0.3, -0.25) is 4.68 Å². The van der Waals surface area contributed by atoms with Gasteiger partial charge in [0.2, 0.25) is 0 Å². The van der Waals surface area contributed by atoms with E-state index in [1.807, 2.05) is 39.2 Å². The molecule has 0 spiro atoms. The first-order chi connectivity index (χ1) is 9.44. The van der Waals surface area contributed by atoms with Crippen LogP contribution < -0.4 is 5.32 Å². The third-order valence-electron chi connectivity index (χ3n) is 3.00. The van der Waals surface area contributed by atoms with Gasteiger partial charge in [-0.05, 0) is 37.1 Å². The van der Waals surface area contributed by atoms with Crippen LogP contribution in [-0.2, 0) is 13.6 Å². The summed E-state index contributed by atoms with van der Waals surface area (Å²) in [5.41, 5.74) is 4.10. The lowest BCUT2D eigenvalue weighted by Gasteiger charge is -2.17. The molecule has 0 radical (unpaired) electrons. The fraction of sp³-hybridized carbons (Fsp3) is 0.333. The van der Waals surface area contributed by atoms with E-state index >= 15 is 0 Å². The van der Waals surface area contributed by atoms with Crippen LogP contribution in [-0.4, -0.2) is 27.8 Å². The molecule has 1 aromatic heterocycles. The number of carbonyl (C=O) groups is 1. The summed E-state index contributed by atoms with van der Waals surface area (Å²) in [6.45, 7) is 4.56. The lowest BCUT2D eigenvalue weighted by Crippen LogP contribution is -2.30. The summed E-state index contributed by atoms with van der Waals surface area (Å²) in [5, 5.41) is 7.00. The van der Waals surface area contributed by atoms with Crippen LogP contribution in [0, 0.1) is 13.8 Å². The summed E-state index contributed by atoms with van der Waals surface area (Å²) in [6.07, 6.45) is 3.67. The lowest BCUT2D eigenvalue weighted by atomic mass is 10.1. The highest BCUT2D eigenvalue weighted by Crippen LogP contribution is 2.14. The van der Waals surface area contributed by atoms with Crippen molar-refractivity contribution in [2.45, 2.75) is 20.4 Å². The zero-order valence-electron chi connectivity index (χ0n) is 12.3. The normalized spacial score (nSPS) is 10.4. The summed E-state index contributed by atoms with van der Waals surface area (Å²) < 4.78 is 1.73. The van der Waals surface area contributed by atoms with Crippen molar-refractivity contribution < 1.29 is 4.79 Å².